The minimum absolute atomic E-state index is 0.0859. The zero-order valence-electron chi connectivity index (χ0n) is 18.9. The Hall–Kier alpha value is -2.18. The van der Waals surface area contributed by atoms with Crippen LogP contribution >= 0.6 is 0 Å². The summed E-state index contributed by atoms with van der Waals surface area (Å²) in [5.41, 5.74) is 3.23. The second kappa shape index (κ2) is 10.4. The predicted molar refractivity (Wildman–Crippen MR) is 121 cm³/mol. The number of hydrogen-bond donors (Lipinski definition) is 1. The monoisotopic (exact) mass is 426 g/mol. The van der Waals surface area contributed by atoms with Crippen molar-refractivity contribution in [2.75, 3.05) is 7.11 Å². The number of aliphatic hydroxyl groups is 1. The van der Waals surface area contributed by atoms with Gasteiger partial charge in [0.1, 0.15) is 11.9 Å². The normalized spacial score (nSPS) is 22.1. The molecule has 4 atom stereocenters. The maximum absolute atomic E-state index is 10.4. The van der Waals surface area contributed by atoms with Crippen molar-refractivity contribution in [3.8, 4) is 5.75 Å². The molecule has 3 rings (SSSR count). The number of rotatable bonds is 10. The Kier molecular flexibility index (Phi) is 7.89. The van der Waals surface area contributed by atoms with Crippen molar-refractivity contribution < 1.29 is 24.1 Å². The molecule has 1 saturated heterocycles. The van der Waals surface area contributed by atoms with Gasteiger partial charge in [0.15, 0.2) is 5.79 Å². The third-order valence-electron chi connectivity index (χ3n) is 5.67. The molecular weight excluding hydrogens is 392 g/mol. The molecule has 0 aliphatic carbocycles. The van der Waals surface area contributed by atoms with Crippen molar-refractivity contribution in [3.63, 3.8) is 0 Å². The average molecular weight is 427 g/mol. The van der Waals surface area contributed by atoms with E-state index in [1.165, 1.54) is 0 Å². The Morgan fingerprint density at radius 1 is 1.03 bits per heavy atom. The Labute approximate surface area is 185 Å². The Bertz CT molecular complexity index is 828. The van der Waals surface area contributed by atoms with Gasteiger partial charge in [0, 0.05) is 5.92 Å². The predicted octanol–water partition coefficient (Wildman–Crippen LogP) is 5.18. The Morgan fingerprint density at radius 2 is 1.61 bits per heavy atom. The van der Waals surface area contributed by atoms with Gasteiger partial charge in [0.05, 0.1) is 32.5 Å². The van der Waals surface area contributed by atoms with Crippen molar-refractivity contribution in [1.82, 2.24) is 0 Å². The zero-order valence-corrected chi connectivity index (χ0v) is 18.9. The minimum Gasteiger partial charge on any atom is -0.497 e. The van der Waals surface area contributed by atoms with Crippen LogP contribution in [0.2, 0.25) is 0 Å². The molecule has 1 aliphatic heterocycles. The summed E-state index contributed by atoms with van der Waals surface area (Å²) in [6.07, 6.45) is 1.27. The molecule has 31 heavy (non-hydrogen) atoms. The molecule has 0 aromatic heterocycles. The third-order valence-corrected chi connectivity index (χ3v) is 5.67. The second-order valence-electron chi connectivity index (χ2n) is 8.55. The highest BCUT2D eigenvalue weighted by Gasteiger charge is 2.45. The van der Waals surface area contributed by atoms with Gasteiger partial charge in [-0.2, -0.15) is 0 Å². The number of aliphatic hydroxyl groups excluding tert-OH is 1. The molecule has 0 amide bonds. The third kappa shape index (κ3) is 6.17. The number of methoxy groups -OCH3 is 1. The first-order valence-electron chi connectivity index (χ1n) is 10.8. The van der Waals surface area contributed by atoms with Gasteiger partial charge >= 0.3 is 0 Å². The topological polar surface area (TPSA) is 57.2 Å². The van der Waals surface area contributed by atoms with Crippen LogP contribution in [0.15, 0.2) is 61.2 Å². The quantitative estimate of drug-likeness (QED) is 0.531. The molecule has 0 radical (unpaired) electrons. The Morgan fingerprint density at radius 3 is 2.16 bits per heavy atom. The summed E-state index contributed by atoms with van der Waals surface area (Å²) in [7, 11) is 1.66. The van der Waals surface area contributed by atoms with E-state index in [4.69, 9.17) is 18.9 Å². The molecule has 2 unspecified atom stereocenters. The first-order valence-corrected chi connectivity index (χ1v) is 10.8. The van der Waals surface area contributed by atoms with Crippen LogP contribution in [0.4, 0.5) is 0 Å². The van der Waals surface area contributed by atoms with Crippen LogP contribution < -0.4 is 4.74 Å². The lowest BCUT2D eigenvalue weighted by Gasteiger charge is -2.27. The van der Waals surface area contributed by atoms with Crippen LogP contribution in [-0.4, -0.2) is 30.2 Å². The summed E-state index contributed by atoms with van der Waals surface area (Å²) in [6.45, 7) is 10.6. The van der Waals surface area contributed by atoms with E-state index in [1.54, 1.807) is 13.2 Å². The van der Waals surface area contributed by atoms with Gasteiger partial charge in [0.25, 0.3) is 0 Å². The van der Waals surface area contributed by atoms with Crippen molar-refractivity contribution in [2.24, 2.45) is 5.92 Å². The SMILES string of the molecule is C=CCC(O)C(C)[C@H]1OC(C)(C)O[C@@H]1c1ccc(COCc2ccc(OC)cc2)cc1. The van der Waals surface area contributed by atoms with Gasteiger partial charge in [-0.1, -0.05) is 49.4 Å². The summed E-state index contributed by atoms with van der Waals surface area (Å²) >= 11 is 0. The van der Waals surface area contributed by atoms with Crippen LogP contribution in [-0.2, 0) is 27.4 Å². The van der Waals surface area contributed by atoms with Crippen molar-refractivity contribution in [1.29, 1.82) is 0 Å². The first kappa shape index (κ1) is 23.5. The van der Waals surface area contributed by atoms with Crippen LogP contribution in [0.25, 0.3) is 0 Å². The van der Waals surface area contributed by atoms with Gasteiger partial charge in [-0.25, -0.2) is 0 Å². The molecule has 2 aromatic carbocycles. The molecule has 0 bridgehead atoms. The van der Waals surface area contributed by atoms with Crippen molar-refractivity contribution in [2.45, 2.75) is 64.5 Å². The van der Waals surface area contributed by atoms with E-state index in [0.717, 1.165) is 22.4 Å². The fraction of sp³-hybridized carbons (Fsp3) is 0.462. The van der Waals surface area contributed by atoms with Crippen LogP contribution in [0.3, 0.4) is 0 Å². The summed E-state index contributed by atoms with van der Waals surface area (Å²) in [6, 6.07) is 16.1. The van der Waals surface area contributed by atoms with Crippen LogP contribution in [0.5, 0.6) is 5.75 Å². The second-order valence-corrected chi connectivity index (χ2v) is 8.55. The maximum atomic E-state index is 10.4. The smallest absolute Gasteiger partial charge is 0.164 e. The van der Waals surface area contributed by atoms with Gasteiger partial charge in [-0.3, -0.25) is 0 Å². The standard InChI is InChI=1S/C26H34O5/c1-6-7-23(27)18(2)24-25(31-26(3,4)30-24)21-12-8-19(9-13-21)16-29-17-20-10-14-22(28-5)15-11-20/h6,8-15,18,23-25,27H,1,7,16-17H2,2-5H3/t18?,23?,24-,25-/m1/s1. The van der Waals surface area contributed by atoms with E-state index in [-0.39, 0.29) is 18.1 Å². The molecule has 0 spiro atoms. The van der Waals surface area contributed by atoms with E-state index in [0.29, 0.717) is 19.6 Å². The van der Waals surface area contributed by atoms with Gasteiger partial charge < -0.3 is 24.1 Å². The number of ether oxygens (including phenoxy) is 4. The molecular formula is C26H34O5. The molecule has 5 heteroatoms. The van der Waals surface area contributed by atoms with E-state index in [2.05, 4.69) is 30.8 Å². The van der Waals surface area contributed by atoms with Crippen LogP contribution in [0.1, 0.15) is 50.0 Å². The molecule has 0 saturated carbocycles. The number of hydrogen-bond acceptors (Lipinski definition) is 5. The maximum Gasteiger partial charge on any atom is 0.164 e. The average Bonchev–Trinajstić information content (AvgIpc) is 3.09. The van der Waals surface area contributed by atoms with E-state index in [9.17, 15) is 5.11 Å². The largest absolute Gasteiger partial charge is 0.497 e. The van der Waals surface area contributed by atoms with Gasteiger partial charge in [-0.15, -0.1) is 6.58 Å². The lowest BCUT2D eigenvalue weighted by atomic mass is 9.89. The molecule has 168 valence electrons. The number of benzene rings is 2. The lowest BCUT2D eigenvalue weighted by Crippen LogP contribution is -2.33. The molecule has 1 heterocycles. The first-order chi connectivity index (χ1) is 14.8. The lowest BCUT2D eigenvalue weighted by molar-refractivity contribution is -0.153. The Balaban J connectivity index is 1.61. The summed E-state index contributed by atoms with van der Waals surface area (Å²) < 4.78 is 23.4. The summed E-state index contributed by atoms with van der Waals surface area (Å²) in [4.78, 5) is 0. The highest BCUT2D eigenvalue weighted by atomic mass is 16.8. The van der Waals surface area contributed by atoms with Crippen molar-refractivity contribution in [3.05, 3.63) is 77.9 Å². The van der Waals surface area contributed by atoms with Crippen molar-refractivity contribution >= 4 is 0 Å². The van der Waals surface area contributed by atoms with E-state index >= 15 is 0 Å². The molecule has 1 aliphatic rings. The molecule has 2 aromatic rings. The molecule has 1 fully saturated rings. The van der Waals surface area contributed by atoms with E-state index in [1.807, 2.05) is 45.0 Å². The molecule has 5 nitrogen and oxygen atoms in total. The summed E-state index contributed by atoms with van der Waals surface area (Å²) in [5, 5.41) is 10.4. The van der Waals surface area contributed by atoms with Gasteiger partial charge in [0.2, 0.25) is 0 Å². The highest BCUT2D eigenvalue weighted by molar-refractivity contribution is 5.27. The highest BCUT2D eigenvalue weighted by Crippen LogP contribution is 2.42. The zero-order chi connectivity index (χ0) is 22.4. The van der Waals surface area contributed by atoms with E-state index < -0.39 is 11.9 Å². The molecule has 1 N–H and O–H groups in total. The van der Waals surface area contributed by atoms with Crippen LogP contribution in [0, 0.1) is 5.92 Å². The fourth-order valence-corrected chi connectivity index (χ4v) is 3.85. The minimum atomic E-state index is -0.697. The summed E-state index contributed by atoms with van der Waals surface area (Å²) in [5.74, 6) is 0.0556. The fourth-order valence-electron chi connectivity index (χ4n) is 3.85. The van der Waals surface area contributed by atoms with Gasteiger partial charge in [-0.05, 0) is 49.1 Å².